The van der Waals surface area contributed by atoms with E-state index in [1.807, 2.05) is 0 Å². The number of hydrogen-bond donors (Lipinski definition) is 3. The van der Waals surface area contributed by atoms with Gasteiger partial charge in [-0.15, -0.1) is 0 Å². The molecule has 1 unspecified atom stereocenters. The van der Waals surface area contributed by atoms with E-state index in [1.165, 1.54) is 6.92 Å². The van der Waals surface area contributed by atoms with Crippen molar-refractivity contribution in [2.24, 2.45) is 0 Å². The van der Waals surface area contributed by atoms with Gasteiger partial charge in [0.1, 0.15) is 0 Å². The predicted molar refractivity (Wildman–Crippen MR) is 64.1 cm³/mol. The molecule has 0 heterocycles. The second-order valence-corrected chi connectivity index (χ2v) is 3.89. The number of nitro benzene ring substituents is 1. The van der Waals surface area contributed by atoms with E-state index in [4.69, 9.17) is 10.2 Å². The summed E-state index contributed by atoms with van der Waals surface area (Å²) in [7, 11) is 0. The van der Waals surface area contributed by atoms with Crippen LogP contribution >= 0.6 is 0 Å². The van der Waals surface area contributed by atoms with Crippen molar-refractivity contribution in [2.75, 3.05) is 6.54 Å². The van der Waals surface area contributed by atoms with Gasteiger partial charge in [0.15, 0.2) is 0 Å². The van der Waals surface area contributed by atoms with Crippen molar-refractivity contribution in [1.29, 1.82) is 0 Å². The van der Waals surface area contributed by atoms with Gasteiger partial charge < -0.3 is 15.5 Å². The lowest BCUT2D eigenvalue weighted by molar-refractivity contribution is -0.384. The van der Waals surface area contributed by atoms with Gasteiger partial charge in [0, 0.05) is 24.2 Å². The number of aliphatic hydroxyl groups is 1. The van der Waals surface area contributed by atoms with Crippen molar-refractivity contribution in [2.45, 2.75) is 13.0 Å². The molecule has 0 saturated carbocycles. The molecule has 1 aromatic rings. The number of carbonyl (C=O) groups is 2. The molecule has 102 valence electrons. The summed E-state index contributed by atoms with van der Waals surface area (Å²) >= 11 is 0. The number of carboxylic acids is 1. The third-order valence-corrected chi connectivity index (χ3v) is 2.20. The number of non-ortho nitro benzene ring substituents is 1. The molecule has 8 nitrogen and oxygen atoms in total. The van der Waals surface area contributed by atoms with E-state index in [2.05, 4.69) is 5.32 Å². The van der Waals surface area contributed by atoms with Gasteiger partial charge in [-0.1, -0.05) is 0 Å². The fourth-order valence-electron chi connectivity index (χ4n) is 1.31. The van der Waals surface area contributed by atoms with E-state index in [1.54, 1.807) is 0 Å². The van der Waals surface area contributed by atoms with Crippen molar-refractivity contribution in [3.63, 3.8) is 0 Å². The molecule has 1 rings (SSSR count). The lowest BCUT2D eigenvalue weighted by Gasteiger charge is -2.07. The first kappa shape index (κ1) is 14.6. The minimum Gasteiger partial charge on any atom is -0.478 e. The minimum atomic E-state index is -1.37. The quantitative estimate of drug-likeness (QED) is 0.523. The maximum absolute atomic E-state index is 11.7. The van der Waals surface area contributed by atoms with Gasteiger partial charge in [0.25, 0.3) is 11.6 Å². The first-order valence-corrected chi connectivity index (χ1v) is 5.30. The van der Waals surface area contributed by atoms with Gasteiger partial charge in [-0.25, -0.2) is 4.79 Å². The Labute approximate surface area is 107 Å². The van der Waals surface area contributed by atoms with Gasteiger partial charge in [-0.05, 0) is 13.0 Å². The van der Waals surface area contributed by atoms with E-state index >= 15 is 0 Å². The Morgan fingerprint density at radius 1 is 1.37 bits per heavy atom. The van der Waals surface area contributed by atoms with Gasteiger partial charge in [0.2, 0.25) is 0 Å². The smallest absolute Gasteiger partial charge is 0.335 e. The number of amides is 1. The number of hydrogen-bond acceptors (Lipinski definition) is 5. The number of nitro groups is 1. The zero-order chi connectivity index (χ0) is 14.6. The number of nitrogens with zero attached hydrogens (tertiary/aromatic N) is 1. The van der Waals surface area contributed by atoms with E-state index in [0.29, 0.717) is 0 Å². The van der Waals surface area contributed by atoms with Crippen LogP contribution < -0.4 is 5.32 Å². The number of rotatable bonds is 5. The van der Waals surface area contributed by atoms with Crippen LogP contribution in [-0.4, -0.2) is 39.7 Å². The van der Waals surface area contributed by atoms with Crippen molar-refractivity contribution >= 4 is 17.6 Å². The normalized spacial score (nSPS) is 11.7. The molecule has 0 saturated heterocycles. The molecule has 0 fully saturated rings. The molecule has 8 heteroatoms. The first-order valence-electron chi connectivity index (χ1n) is 5.30. The summed E-state index contributed by atoms with van der Waals surface area (Å²) in [5.41, 5.74) is -0.981. The second-order valence-electron chi connectivity index (χ2n) is 3.89. The summed E-state index contributed by atoms with van der Waals surface area (Å²) in [6, 6.07) is 2.88. The summed E-state index contributed by atoms with van der Waals surface area (Å²) in [6.07, 6.45) is -0.776. The van der Waals surface area contributed by atoms with Crippen LogP contribution in [0.2, 0.25) is 0 Å². The molecule has 0 spiro atoms. The lowest BCUT2D eigenvalue weighted by Crippen LogP contribution is -2.30. The van der Waals surface area contributed by atoms with Gasteiger partial charge in [-0.2, -0.15) is 0 Å². The van der Waals surface area contributed by atoms with Crippen LogP contribution in [0.1, 0.15) is 27.6 Å². The molecule has 0 aliphatic heterocycles. The van der Waals surface area contributed by atoms with Crippen LogP contribution in [-0.2, 0) is 0 Å². The molecule has 0 radical (unpaired) electrons. The van der Waals surface area contributed by atoms with Crippen LogP contribution in [0.5, 0.6) is 0 Å². The maximum Gasteiger partial charge on any atom is 0.335 e. The largest absolute Gasteiger partial charge is 0.478 e. The summed E-state index contributed by atoms with van der Waals surface area (Å²) in [4.78, 5) is 32.4. The zero-order valence-corrected chi connectivity index (χ0v) is 9.99. The molecule has 3 N–H and O–H groups in total. The zero-order valence-electron chi connectivity index (χ0n) is 9.99. The Morgan fingerprint density at radius 3 is 2.42 bits per heavy atom. The van der Waals surface area contributed by atoms with Gasteiger partial charge in [-0.3, -0.25) is 14.9 Å². The van der Waals surface area contributed by atoms with Crippen molar-refractivity contribution in [3.05, 3.63) is 39.4 Å². The topological polar surface area (TPSA) is 130 Å². The summed E-state index contributed by atoms with van der Waals surface area (Å²) in [6.45, 7) is 1.42. The van der Waals surface area contributed by atoms with Crippen LogP contribution in [0.3, 0.4) is 0 Å². The third kappa shape index (κ3) is 4.03. The molecular weight excluding hydrogens is 256 g/mol. The number of aromatic carboxylic acids is 1. The average Bonchev–Trinajstić information content (AvgIpc) is 2.35. The number of benzene rings is 1. The Kier molecular flexibility index (Phi) is 4.54. The third-order valence-electron chi connectivity index (χ3n) is 2.20. The first-order chi connectivity index (χ1) is 8.81. The molecular formula is C11H12N2O6. The van der Waals surface area contributed by atoms with Crippen LogP contribution in [0.25, 0.3) is 0 Å². The van der Waals surface area contributed by atoms with Crippen molar-refractivity contribution in [3.8, 4) is 0 Å². The van der Waals surface area contributed by atoms with E-state index in [9.17, 15) is 19.7 Å². The van der Waals surface area contributed by atoms with Crippen LogP contribution in [0.4, 0.5) is 5.69 Å². The van der Waals surface area contributed by atoms with Gasteiger partial charge in [0.05, 0.1) is 16.6 Å². The number of aliphatic hydroxyl groups excluding tert-OH is 1. The fourth-order valence-corrected chi connectivity index (χ4v) is 1.31. The van der Waals surface area contributed by atoms with Crippen LogP contribution in [0, 0.1) is 10.1 Å². The summed E-state index contributed by atoms with van der Waals surface area (Å²) in [5, 5.41) is 30.8. The lowest BCUT2D eigenvalue weighted by atomic mass is 10.1. The number of carbonyl (C=O) groups excluding carboxylic acids is 1. The molecule has 1 atom stereocenters. The standard InChI is InChI=1S/C11H12N2O6/c1-6(14)5-12-10(15)7-2-8(11(16)17)4-9(3-7)13(18)19/h2-4,6,14H,5H2,1H3,(H,12,15)(H,16,17). The molecule has 0 bridgehead atoms. The maximum atomic E-state index is 11.7. The monoisotopic (exact) mass is 268 g/mol. The Hall–Kier alpha value is -2.48. The Balaban J connectivity index is 3.09. The number of carboxylic acid groups (broad SMARTS) is 1. The molecule has 0 aliphatic carbocycles. The molecule has 0 aliphatic rings. The molecule has 1 amide bonds. The highest BCUT2D eigenvalue weighted by atomic mass is 16.6. The highest BCUT2D eigenvalue weighted by Crippen LogP contribution is 2.17. The minimum absolute atomic E-state index is 0.0378. The predicted octanol–water partition coefficient (Wildman–Crippen LogP) is 0.404. The van der Waals surface area contributed by atoms with Crippen molar-refractivity contribution in [1.82, 2.24) is 5.32 Å². The SMILES string of the molecule is CC(O)CNC(=O)c1cc(C(=O)O)cc([N+](=O)[O-])c1. The van der Waals surface area contributed by atoms with Crippen LogP contribution in [0.15, 0.2) is 18.2 Å². The van der Waals surface area contributed by atoms with E-state index < -0.39 is 28.6 Å². The summed E-state index contributed by atoms with van der Waals surface area (Å²) in [5.74, 6) is -2.06. The Bertz CT molecular complexity index is 494. The second kappa shape index (κ2) is 5.91. The highest BCUT2D eigenvalue weighted by molar-refractivity contribution is 5.98. The summed E-state index contributed by atoms with van der Waals surface area (Å²) < 4.78 is 0. The van der Waals surface area contributed by atoms with Gasteiger partial charge >= 0.3 is 5.97 Å². The molecule has 19 heavy (non-hydrogen) atoms. The van der Waals surface area contributed by atoms with E-state index in [-0.39, 0.29) is 17.7 Å². The number of nitrogens with one attached hydrogen (secondary N) is 1. The average molecular weight is 268 g/mol. The molecule has 0 aromatic heterocycles. The highest BCUT2D eigenvalue weighted by Gasteiger charge is 2.17. The molecule has 1 aromatic carbocycles. The van der Waals surface area contributed by atoms with E-state index in [0.717, 1.165) is 18.2 Å². The fraction of sp³-hybridized carbons (Fsp3) is 0.273. The Morgan fingerprint density at radius 2 is 1.95 bits per heavy atom. The van der Waals surface area contributed by atoms with Crippen molar-refractivity contribution < 1.29 is 24.7 Å².